The van der Waals surface area contributed by atoms with Crippen LogP contribution in [0.5, 0.6) is 0 Å². The van der Waals surface area contributed by atoms with Crippen LogP contribution in [0.3, 0.4) is 0 Å². The maximum absolute atomic E-state index is 13.1. The lowest BCUT2D eigenvalue weighted by molar-refractivity contribution is 0.0868. The molecule has 1 unspecified atom stereocenters. The monoisotopic (exact) mass is 332 g/mol. The van der Waals surface area contributed by atoms with E-state index in [1.807, 2.05) is 17.0 Å². The molecule has 6 heteroatoms. The molecule has 1 saturated heterocycles. The number of nitrogens with zero attached hydrogens (tertiary/aromatic N) is 3. The Balaban J connectivity index is 1.58. The first-order valence-corrected chi connectivity index (χ1v) is 8.43. The molecule has 0 radical (unpaired) electrons. The molecule has 1 fully saturated rings. The quantitative estimate of drug-likeness (QED) is 0.898. The molecule has 0 bridgehead atoms. The van der Waals surface area contributed by atoms with E-state index < -0.39 is 0 Å². The summed E-state index contributed by atoms with van der Waals surface area (Å²) in [6, 6.07) is 6.80. The summed E-state index contributed by atoms with van der Waals surface area (Å²) in [5.41, 5.74) is 2.34. The number of carbonyl (C=O) groups excluding carboxylic acids is 1. The average Bonchev–Trinajstić information content (AvgIpc) is 2.62. The van der Waals surface area contributed by atoms with Gasteiger partial charge in [0, 0.05) is 53.2 Å². The molecule has 5 nitrogen and oxygen atoms in total. The van der Waals surface area contributed by atoms with Crippen LogP contribution in [0.4, 0.5) is 9.18 Å². The van der Waals surface area contributed by atoms with Gasteiger partial charge >= 0.3 is 6.03 Å². The fourth-order valence-corrected chi connectivity index (χ4v) is 3.35. The van der Waals surface area contributed by atoms with Crippen LogP contribution < -0.4 is 5.32 Å². The first-order chi connectivity index (χ1) is 11.5. The molecule has 130 valence electrons. The van der Waals surface area contributed by atoms with Crippen LogP contribution in [0.2, 0.25) is 0 Å². The predicted octanol–water partition coefficient (Wildman–Crippen LogP) is 1.83. The largest absolute Gasteiger partial charge is 0.331 e. The molecule has 1 aromatic rings. The number of amides is 2. The van der Waals surface area contributed by atoms with E-state index in [9.17, 15) is 9.18 Å². The number of hydrogen-bond acceptors (Lipinski definition) is 3. The number of piperazine rings is 1. The van der Waals surface area contributed by atoms with E-state index in [4.69, 9.17) is 0 Å². The van der Waals surface area contributed by atoms with Crippen LogP contribution in [-0.2, 0) is 0 Å². The highest BCUT2D eigenvalue weighted by atomic mass is 19.1. The van der Waals surface area contributed by atoms with Gasteiger partial charge in [-0.2, -0.15) is 0 Å². The highest BCUT2D eigenvalue weighted by Crippen LogP contribution is 2.24. The molecule has 0 aliphatic carbocycles. The molecule has 3 rings (SSSR count). The summed E-state index contributed by atoms with van der Waals surface area (Å²) in [4.78, 5) is 17.9. The summed E-state index contributed by atoms with van der Waals surface area (Å²) in [5, 5.41) is 3.53. The van der Waals surface area contributed by atoms with E-state index >= 15 is 0 Å². The number of hydrogen-bond donors (Lipinski definition) is 1. The number of benzene rings is 1. The Kier molecular flexibility index (Phi) is 5.16. The molecule has 2 amide bonds. The zero-order chi connectivity index (χ0) is 17.1. The van der Waals surface area contributed by atoms with Crippen molar-refractivity contribution in [3.05, 3.63) is 41.7 Å². The Labute approximate surface area is 142 Å². The van der Waals surface area contributed by atoms with Gasteiger partial charge in [0.1, 0.15) is 5.82 Å². The van der Waals surface area contributed by atoms with Crippen LogP contribution >= 0.6 is 0 Å². The molecule has 1 aromatic carbocycles. The Hall–Kier alpha value is -1.92. The van der Waals surface area contributed by atoms with Gasteiger partial charge in [0.2, 0.25) is 0 Å². The normalized spacial score (nSPS) is 22.2. The zero-order valence-corrected chi connectivity index (χ0v) is 14.3. The van der Waals surface area contributed by atoms with Crippen molar-refractivity contribution >= 4 is 11.6 Å². The lowest BCUT2D eigenvalue weighted by atomic mass is 9.97. The van der Waals surface area contributed by atoms with Crippen molar-refractivity contribution in [1.29, 1.82) is 0 Å². The van der Waals surface area contributed by atoms with Crippen LogP contribution in [0.1, 0.15) is 12.0 Å². The second-order valence-corrected chi connectivity index (χ2v) is 6.56. The maximum atomic E-state index is 13.1. The van der Waals surface area contributed by atoms with Crippen LogP contribution in [0.15, 0.2) is 30.3 Å². The van der Waals surface area contributed by atoms with Gasteiger partial charge in [0.15, 0.2) is 0 Å². The lowest BCUT2D eigenvalue weighted by Crippen LogP contribution is -2.57. The molecule has 1 N–H and O–H groups in total. The molecule has 1 atom stereocenters. The first-order valence-electron chi connectivity index (χ1n) is 8.43. The minimum atomic E-state index is -0.202. The van der Waals surface area contributed by atoms with Crippen molar-refractivity contribution in [2.45, 2.75) is 12.6 Å². The van der Waals surface area contributed by atoms with E-state index in [1.165, 1.54) is 17.7 Å². The summed E-state index contributed by atoms with van der Waals surface area (Å²) in [5.74, 6) is -0.202. The summed E-state index contributed by atoms with van der Waals surface area (Å²) in [6.45, 7) is 4.06. The number of carbonyl (C=O) groups is 1. The van der Waals surface area contributed by atoms with Crippen molar-refractivity contribution in [2.24, 2.45) is 0 Å². The number of halogens is 1. The SMILES string of the molecule is CN(C)C(=O)N1CCN(C2CC(c3ccc(F)cc3)=CCN2)CC1. The summed E-state index contributed by atoms with van der Waals surface area (Å²) in [6.07, 6.45) is 3.34. The average molecular weight is 332 g/mol. The Morgan fingerprint density at radius 2 is 1.83 bits per heavy atom. The van der Waals surface area contributed by atoms with Gasteiger partial charge in [0.05, 0.1) is 6.17 Å². The van der Waals surface area contributed by atoms with E-state index in [-0.39, 0.29) is 18.0 Å². The van der Waals surface area contributed by atoms with E-state index in [0.29, 0.717) is 0 Å². The molecule has 2 heterocycles. The minimum absolute atomic E-state index is 0.0816. The van der Waals surface area contributed by atoms with Crippen molar-refractivity contribution in [2.75, 3.05) is 46.8 Å². The maximum Gasteiger partial charge on any atom is 0.319 e. The molecule has 0 saturated carbocycles. The Morgan fingerprint density at radius 1 is 1.17 bits per heavy atom. The molecular formula is C18H25FN4O. The van der Waals surface area contributed by atoms with Gasteiger partial charge in [-0.1, -0.05) is 18.2 Å². The van der Waals surface area contributed by atoms with Gasteiger partial charge in [0.25, 0.3) is 0 Å². The molecular weight excluding hydrogens is 307 g/mol. The number of nitrogens with one attached hydrogen (secondary N) is 1. The highest BCUT2D eigenvalue weighted by molar-refractivity contribution is 5.74. The molecule has 0 spiro atoms. The van der Waals surface area contributed by atoms with Crippen LogP contribution in [0, 0.1) is 5.82 Å². The second-order valence-electron chi connectivity index (χ2n) is 6.56. The fourth-order valence-electron chi connectivity index (χ4n) is 3.35. The van der Waals surface area contributed by atoms with Crippen molar-refractivity contribution < 1.29 is 9.18 Å². The minimum Gasteiger partial charge on any atom is -0.331 e. The van der Waals surface area contributed by atoms with Crippen molar-refractivity contribution in [3.8, 4) is 0 Å². The molecule has 0 aromatic heterocycles. The smallest absolute Gasteiger partial charge is 0.319 e. The van der Waals surface area contributed by atoms with E-state index in [0.717, 1.165) is 44.7 Å². The number of rotatable bonds is 2. The zero-order valence-electron chi connectivity index (χ0n) is 14.3. The van der Waals surface area contributed by atoms with Gasteiger partial charge < -0.3 is 9.80 Å². The third-order valence-corrected chi connectivity index (χ3v) is 4.74. The highest BCUT2D eigenvalue weighted by Gasteiger charge is 2.28. The van der Waals surface area contributed by atoms with E-state index in [2.05, 4.69) is 16.3 Å². The summed E-state index contributed by atoms with van der Waals surface area (Å²) >= 11 is 0. The summed E-state index contributed by atoms with van der Waals surface area (Å²) in [7, 11) is 3.58. The third kappa shape index (κ3) is 3.76. The first kappa shape index (κ1) is 16.9. The van der Waals surface area contributed by atoms with Gasteiger partial charge in [-0.3, -0.25) is 10.2 Å². The fraction of sp³-hybridized carbons (Fsp3) is 0.500. The third-order valence-electron chi connectivity index (χ3n) is 4.74. The molecule has 2 aliphatic rings. The van der Waals surface area contributed by atoms with E-state index in [1.54, 1.807) is 19.0 Å². The van der Waals surface area contributed by atoms with Gasteiger partial charge in [-0.15, -0.1) is 0 Å². The Morgan fingerprint density at radius 3 is 2.46 bits per heavy atom. The lowest BCUT2D eigenvalue weighted by Gasteiger charge is -2.41. The van der Waals surface area contributed by atoms with Crippen LogP contribution in [0.25, 0.3) is 5.57 Å². The standard InChI is InChI=1S/C18H25FN4O/c1-21(2)18(24)23-11-9-22(10-12-23)17-13-15(7-8-20-17)14-3-5-16(19)6-4-14/h3-7,17,20H,8-13H2,1-2H3. The number of urea groups is 1. The Bertz CT molecular complexity index is 606. The van der Waals surface area contributed by atoms with Crippen molar-refractivity contribution in [1.82, 2.24) is 20.0 Å². The topological polar surface area (TPSA) is 38.8 Å². The summed E-state index contributed by atoms with van der Waals surface area (Å²) < 4.78 is 13.1. The second kappa shape index (κ2) is 7.32. The van der Waals surface area contributed by atoms with Crippen molar-refractivity contribution in [3.63, 3.8) is 0 Å². The molecule has 2 aliphatic heterocycles. The van der Waals surface area contributed by atoms with Gasteiger partial charge in [-0.25, -0.2) is 9.18 Å². The molecule has 24 heavy (non-hydrogen) atoms. The van der Waals surface area contributed by atoms with Crippen LogP contribution in [-0.4, -0.2) is 73.7 Å². The predicted molar refractivity (Wildman–Crippen MR) is 93.0 cm³/mol. The van der Waals surface area contributed by atoms with Gasteiger partial charge in [-0.05, 0) is 23.3 Å².